The Bertz CT molecular complexity index is 545. The van der Waals surface area contributed by atoms with Gasteiger partial charge in [-0.15, -0.1) is 0 Å². The summed E-state index contributed by atoms with van der Waals surface area (Å²) < 4.78 is 10.5. The average Bonchev–Trinajstić information content (AvgIpc) is 2.52. The largest absolute Gasteiger partial charge is 0.496 e. The van der Waals surface area contributed by atoms with E-state index in [0.29, 0.717) is 17.6 Å². The van der Waals surface area contributed by atoms with Crippen LogP contribution in [0, 0.1) is 5.92 Å². The SMILES string of the molecule is COCc1cc(/C(C)=N\NC(=S)NCCC(C)C)ccc1OC. The molecule has 1 aromatic carbocycles. The number of nitrogens with zero attached hydrogens (tertiary/aromatic N) is 1. The van der Waals surface area contributed by atoms with E-state index in [-0.39, 0.29) is 0 Å². The Balaban J connectivity index is 2.67. The van der Waals surface area contributed by atoms with E-state index >= 15 is 0 Å². The minimum Gasteiger partial charge on any atom is -0.496 e. The number of benzene rings is 1. The molecule has 0 atom stereocenters. The first-order valence-electron chi connectivity index (χ1n) is 7.72. The van der Waals surface area contributed by atoms with Gasteiger partial charge in [0.25, 0.3) is 0 Å². The summed E-state index contributed by atoms with van der Waals surface area (Å²) in [6, 6.07) is 5.90. The minimum absolute atomic E-state index is 0.493. The fourth-order valence-electron chi connectivity index (χ4n) is 1.99. The lowest BCUT2D eigenvalue weighted by Crippen LogP contribution is -2.33. The number of thiocarbonyl (C=S) groups is 1. The summed E-state index contributed by atoms with van der Waals surface area (Å²) in [5, 5.41) is 8.01. The highest BCUT2D eigenvalue weighted by molar-refractivity contribution is 7.80. The summed E-state index contributed by atoms with van der Waals surface area (Å²) in [6.45, 7) is 7.64. The molecule has 23 heavy (non-hydrogen) atoms. The maximum atomic E-state index is 5.33. The third-order valence-corrected chi connectivity index (χ3v) is 3.57. The molecule has 0 bridgehead atoms. The zero-order valence-electron chi connectivity index (χ0n) is 14.6. The standard InChI is InChI=1S/C17H27N3O2S/c1-12(2)8-9-18-17(23)20-19-13(3)14-6-7-16(22-5)15(10-14)11-21-4/h6-7,10,12H,8-9,11H2,1-5H3,(H2,18,20,23)/b19-13-. The maximum Gasteiger partial charge on any atom is 0.186 e. The lowest BCUT2D eigenvalue weighted by Gasteiger charge is -2.11. The molecule has 0 radical (unpaired) electrons. The van der Waals surface area contributed by atoms with Gasteiger partial charge < -0.3 is 14.8 Å². The number of rotatable bonds is 8. The molecule has 128 valence electrons. The van der Waals surface area contributed by atoms with Crippen molar-refractivity contribution in [3.05, 3.63) is 29.3 Å². The number of methoxy groups -OCH3 is 2. The van der Waals surface area contributed by atoms with Crippen LogP contribution in [0.25, 0.3) is 0 Å². The van der Waals surface area contributed by atoms with Crippen molar-refractivity contribution < 1.29 is 9.47 Å². The lowest BCUT2D eigenvalue weighted by molar-refractivity contribution is 0.181. The molecule has 1 aromatic rings. The zero-order valence-corrected chi connectivity index (χ0v) is 15.4. The van der Waals surface area contributed by atoms with Crippen LogP contribution >= 0.6 is 12.2 Å². The summed E-state index contributed by atoms with van der Waals surface area (Å²) in [5.74, 6) is 1.45. The Labute approximate surface area is 144 Å². The van der Waals surface area contributed by atoms with Crippen molar-refractivity contribution in [1.82, 2.24) is 10.7 Å². The Morgan fingerprint density at radius 3 is 2.65 bits per heavy atom. The van der Waals surface area contributed by atoms with Gasteiger partial charge in [0, 0.05) is 19.2 Å². The second kappa shape index (κ2) is 10.2. The number of hydrazone groups is 1. The molecule has 5 nitrogen and oxygen atoms in total. The molecule has 0 saturated carbocycles. The van der Waals surface area contributed by atoms with Gasteiger partial charge in [0.1, 0.15) is 5.75 Å². The van der Waals surface area contributed by atoms with Crippen LogP contribution in [-0.4, -0.2) is 31.6 Å². The van der Waals surface area contributed by atoms with E-state index in [1.165, 1.54) is 0 Å². The first-order valence-corrected chi connectivity index (χ1v) is 8.13. The second-order valence-electron chi connectivity index (χ2n) is 5.71. The molecule has 1 rings (SSSR count). The quantitative estimate of drug-likeness (QED) is 0.434. The maximum absolute atomic E-state index is 5.33. The topological polar surface area (TPSA) is 54.9 Å². The fourth-order valence-corrected chi connectivity index (χ4v) is 2.13. The molecule has 6 heteroatoms. The molecule has 0 fully saturated rings. The number of ether oxygens (including phenoxy) is 2. The van der Waals surface area contributed by atoms with E-state index in [4.69, 9.17) is 21.7 Å². The van der Waals surface area contributed by atoms with Crippen LogP contribution in [0.2, 0.25) is 0 Å². The van der Waals surface area contributed by atoms with Crippen LogP contribution in [0.15, 0.2) is 23.3 Å². The Kier molecular flexibility index (Phi) is 8.58. The van der Waals surface area contributed by atoms with Crippen molar-refractivity contribution in [2.24, 2.45) is 11.0 Å². The van der Waals surface area contributed by atoms with Crippen LogP contribution in [0.5, 0.6) is 5.75 Å². The highest BCUT2D eigenvalue weighted by Gasteiger charge is 2.06. The molecule has 0 heterocycles. The molecule has 0 aromatic heterocycles. The number of hydrogen-bond acceptors (Lipinski definition) is 4. The van der Waals surface area contributed by atoms with E-state index in [1.54, 1.807) is 14.2 Å². The van der Waals surface area contributed by atoms with Gasteiger partial charge in [0.15, 0.2) is 5.11 Å². The number of hydrogen-bond donors (Lipinski definition) is 2. The third kappa shape index (κ3) is 6.97. The van der Waals surface area contributed by atoms with E-state index in [1.807, 2.05) is 25.1 Å². The van der Waals surface area contributed by atoms with Gasteiger partial charge in [-0.05, 0) is 55.2 Å². The summed E-state index contributed by atoms with van der Waals surface area (Å²) in [6.07, 6.45) is 1.07. The predicted molar refractivity (Wildman–Crippen MR) is 99.1 cm³/mol. The molecule has 0 aliphatic heterocycles. The van der Waals surface area contributed by atoms with Crippen LogP contribution < -0.4 is 15.5 Å². The fraction of sp³-hybridized carbons (Fsp3) is 0.529. The van der Waals surface area contributed by atoms with Crippen molar-refractivity contribution in [3.8, 4) is 5.75 Å². The van der Waals surface area contributed by atoms with Gasteiger partial charge in [-0.3, -0.25) is 5.43 Å². The summed E-state index contributed by atoms with van der Waals surface area (Å²) in [5.41, 5.74) is 5.71. The molecule has 0 aliphatic rings. The second-order valence-corrected chi connectivity index (χ2v) is 6.12. The minimum atomic E-state index is 0.493. The molecular weight excluding hydrogens is 310 g/mol. The van der Waals surface area contributed by atoms with Crippen LogP contribution in [0.1, 0.15) is 38.3 Å². The molecule has 0 saturated heterocycles. The van der Waals surface area contributed by atoms with Crippen LogP contribution in [0.3, 0.4) is 0 Å². The van der Waals surface area contributed by atoms with Gasteiger partial charge in [0.2, 0.25) is 0 Å². The van der Waals surface area contributed by atoms with Crippen molar-refractivity contribution in [2.45, 2.75) is 33.8 Å². The third-order valence-electron chi connectivity index (χ3n) is 3.33. The molecule has 0 aliphatic carbocycles. The Morgan fingerprint density at radius 2 is 2.04 bits per heavy atom. The normalized spacial score (nSPS) is 11.5. The first-order chi connectivity index (χ1) is 11.0. The van der Waals surface area contributed by atoms with Gasteiger partial charge in [0.05, 0.1) is 19.4 Å². The average molecular weight is 337 g/mol. The van der Waals surface area contributed by atoms with E-state index in [2.05, 4.69) is 29.7 Å². The molecular formula is C17H27N3O2S. The van der Waals surface area contributed by atoms with E-state index in [9.17, 15) is 0 Å². The molecule has 2 N–H and O–H groups in total. The number of nitrogens with one attached hydrogen (secondary N) is 2. The van der Waals surface area contributed by atoms with Crippen molar-refractivity contribution in [1.29, 1.82) is 0 Å². The Morgan fingerprint density at radius 1 is 1.30 bits per heavy atom. The summed E-state index contributed by atoms with van der Waals surface area (Å²) in [7, 11) is 3.31. The smallest absolute Gasteiger partial charge is 0.186 e. The van der Waals surface area contributed by atoms with Crippen LogP contribution in [-0.2, 0) is 11.3 Å². The van der Waals surface area contributed by atoms with E-state index < -0.39 is 0 Å². The van der Waals surface area contributed by atoms with Crippen molar-refractivity contribution >= 4 is 23.0 Å². The lowest BCUT2D eigenvalue weighted by atomic mass is 10.1. The van der Waals surface area contributed by atoms with Gasteiger partial charge in [-0.25, -0.2) is 0 Å². The van der Waals surface area contributed by atoms with Gasteiger partial charge >= 0.3 is 0 Å². The highest BCUT2D eigenvalue weighted by atomic mass is 32.1. The van der Waals surface area contributed by atoms with Crippen molar-refractivity contribution in [3.63, 3.8) is 0 Å². The molecule has 0 unspecified atom stereocenters. The van der Waals surface area contributed by atoms with E-state index in [0.717, 1.165) is 35.6 Å². The zero-order chi connectivity index (χ0) is 17.2. The first kappa shape index (κ1) is 19.4. The summed E-state index contributed by atoms with van der Waals surface area (Å²) in [4.78, 5) is 0. The molecule has 0 amide bonds. The van der Waals surface area contributed by atoms with Gasteiger partial charge in [-0.2, -0.15) is 5.10 Å². The predicted octanol–water partition coefficient (Wildman–Crippen LogP) is 3.08. The summed E-state index contributed by atoms with van der Waals surface area (Å²) >= 11 is 5.21. The van der Waals surface area contributed by atoms with Gasteiger partial charge in [-0.1, -0.05) is 13.8 Å². The highest BCUT2D eigenvalue weighted by Crippen LogP contribution is 2.21. The monoisotopic (exact) mass is 337 g/mol. The molecule has 0 spiro atoms. The van der Waals surface area contributed by atoms with Crippen molar-refractivity contribution in [2.75, 3.05) is 20.8 Å². The Hall–Kier alpha value is -1.66. The van der Waals surface area contributed by atoms with Crippen LogP contribution in [0.4, 0.5) is 0 Å².